The predicted octanol–water partition coefficient (Wildman–Crippen LogP) is 1.54. The van der Waals surface area contributed by atoms with Crippen LogP contribution in [0.15, 0.2) is 24.3 Å². The fourth-order valence-electron chi connectivity index (χ4n) is 1.95. The molecule has 1 aromatic carbocycles. The molecule has 1 atom stereocenters. The SMILES string of the molecule is CCc1ccccc1CNC(=O)NCC(CC(=O)O)OC. The van der Waals surface area contributed by atoms with Gasteiger partial charge in [0.25, 0.3) is 0 Å². The number of nitrogens with one attached hydrogen (secondary N) is 2. The molecule has 2 amide bonds. The third-order valence-corrected chi connectivity index (χ3v) is 3.16. The number of rotatable bonds is 8. The van der Waals surface area contributed by atoms with Crippen LogP contribution in [0, 0.1) is 0 Å². The van der Waals surface area contributed by atoms with Crippen molar-refractivity contribution >= 4 is 12.0 Å². The number of aryl methyl sites for hydroxylation is 1. The minimum Gasteiger partial charge on any atom is -0.481 e. The number of urea groups is 1. The number of aliphatic carboxylic acids is 1. The number of benzene rings is 1. The maximum Gasteiger partial charge on any atom is 0.315 e. The van der Waals surface area contributed by atoms with E-state index in [-0.39, 0.29) is 19.0 Å². The van der Waals surface area contributed by atoms with Gasteiger partial charge in [-0.1, -0.05) is 31.2 Å². The first-order valence-corrected chi connectivity index (χ1v) is 6.89. The molecule has 1 aromatic rings. The van der Waals surface area contributed by atoms with Gasteiger partial charge in [0.1, 0.15) is 0 Å². The van der Waals surface area contributed by atoms with Crippen molar-refractivity contribution in [1.82, 2.24) is 10.6 Å². The summed E-state index contributed by atoms with van der Waals surface area (Å²) in [6.45, 7) is 2.66. The first-order chi connectivity index (χ1) is 10.1. The number of carbonyl (C=O) groups is 2. The highest BCUT2D eigenvalue weighted by atomic mass is 16.5. The van der Waals surface area contributed by atoms with Crippen LogP contribution in [0.25, 0.3) is 0 Å². The highest BCUT2D eigenvalue weighted by molar-refractivity contribution is 5.74. The molecule has 0 bridgehead atoms. The zero-order chi connectivity index (χ0) is 15.7. The minimum absolute atomic E-state index is 0.143. The van der Waals surface area contributed by atoms with Crippen LogP contribution >= 0.6 is 0 Å². The molecule has 6 heteroatoms. The maximum absolute atomic E-state index is 11.7. The number of ether oxygens (including phenoxy) is 1. The van der Waals surface area contributed by atoms with Crippen molar-refractivity contribution in [2.75, 3.05) is 13.7 Å². The predicted molar refractivity (Wildman–Crippen MR) is 79.1 cm³/mol. The van der Waals surface area contributed by atoms with Gasteiger partial charge in [-0.3, -0.25) is 4.79 Å². The Hall–Kier alpha value is -2.08. The summed E-state index contributed by atoms with van der Waals surface area (Å²) in [6, 6.07) is 7.57. The summed E-state index contributed by atoms with van der Waals surface area (Å²) in [4.78, 5) is 22.3. The lowest BCUT2D eigenvalue weighted by Crippen LogP contribution is -2.40. The minimum atomic E-state index is -0.957. The smallest absolute Gasteiger partial charge is 0.315 e. The topological polar surface area (TPSA) is 87.7 Å². The van der Waals surface area contributed by atoms with Gasteiger partial charge in [0, 0.05) is 20.2 Å². The molecule has 0 aliphatic carbocycles. The Morgan fingerprint density at radius 3 is 2.48 bits per heavy atom. The molecule has 0 aliphatic rings. The Morgan fingerprint density at radius 1 is 1.24 bits per heavy atom. The van der Waals surface area contributed by atoms with Crippen LogP contribution in [0.5, 0.6) is 0 Å². The Morgan fingerprint density at radius 2 is 1.90 bits per heavy atom. The summed E-state index contributed by atoms with van der Waals surface area (Å²) < 4.78 is 4.99. The third-order valence-electron chi connectivity index (χ3n) is 3.16. The molecule has 0 aromatic heterocycles. The molecule has 1 rings (SSSR count). The monoisotopic (exact) mass is 294 g/mol. The van der Waals surface area contributed by atoms with Crippen LogP contribution < -0.4 is 10.6 Å². The summed E-state index contributed by atoms with van der Waals surface area (Å²) in [5.74, 6) is -0.957. The van der Waals surface area contributed by atoms with Gasteiger partial charge in [-0.15, -0.1) is 0 Å². The summed E-state index contributed by atoms with van der Waals surface area (Å²) >= 11 is 0. The van der Waals surface area contributed by atoms with Crippen molar-refractivity contribution in [3.05, 3.63) is 35.4 Å². The van der Waals surface area contributed by atoms with Gasteiger partial charge >= 0.3 is 12.0 Å². The van der Waals surface area contributed by atoms with E-state index in [4.69, 9.17) is 9.84 Å². The second kappa shape index (κ2) is 8.97. The van der Waals surface area contributed by atoms with Gasteiger partial charge in [-0.25, -0.2) is 4.79 Å². The number of carbonyl (C=O) groups excluding carboxylic acids is 1. The maximum atomic E-state index is 11.7. The molecule has 6 nitrogen and oxygen atoms in total. The molecule has 0 fully saturated rings. The molecule has 21 heavy (non-hydrogen) atoms. The van der Waals surface area contributed by atoms with E-state index in [1.54, 1.807) is 0 Å². The van der Waals surface area contributed by atoms with Gasteiger partial charge in [0.2, 0.25) is 0 Å². The molecular formula is C15H22N2O4. The lowest BCUT2D eigenvalue weighted by Gasteiger charge is -2.15. The lowest BCUT2D eigenvalue weighted by atomic mass is 10.1. The van der Waals surface area contributed by atoms with Crippen molar-refractivity contribution in [1.29, 1.82) is 0 Å². The van der Waals surface area contributed by atoms with Gasteiger partial charge in [-0.2, -0.15) is 0 Å². The third kappa shape index (κ3) is 6.27. The molecule has 0 radical (unpaired) electrons. The molecule has 0 aliphatic heterocycles. The Kier molecular flexibility index (Phi) is 7.25. The van der Waals surface area contributed by atoms with E-state index in [0.29, 0.717) is 6.54 Å². The van der Waals surface area contributed by atoms with Crippen molar-refractivity contribution in [3.8, 4) is 0 Å². The second-order valence-electron chi connectivity index (χ2n) is 4.64. The number of hydrogen-bond donors (Lipinski definition) is 3. The number of carboxylic acids is 1. The van der Waals surface area contributed by atoms with Crippen molar-refractivity contribution in [2.45, 2.75) is 32.4 Å². The van der Waals surface area contributed by atoms with Gasteiger partial charge < -0.3 is 20.5 Å². The fourth-order valence-corrected chi connectivity index (χ4v) is 1.95. The van der Waals surface area contributed by atoms with E-state index in [0.717, 1.165) is 12.0 Å². The van der Waals surface area contributed by atoms with Crippen LogP contribution in [0.3, 0.4) is 0 Å². The normalized spacial score (nSPS) is 11.7. The average molecular weight is 294 g/mol. The average Bonchev–Trinajstić information content (AvgIpc) is 2.49. The standard InChI is InChI=1S/C15H22N2O4/c1-3-11-6-4-5-7-12(11)9-16-15(20)17-10-13(21-2)8-14(18)19/h4-7,13H,3,8-10H2,1-2H3,(H,18,19)(H2,16,17,20). The Bertz CT molecular complexity index is 476. The molecule has 0 saturated carbocycles. The lowest BCUT2D eigenvalue weighted by molar-refractivity contribution is -0.139. The number of carboxylic acid groups (broad SMARTS) is 1. The van der Waals surface area contributed by atoms with E-state index in [9.17, 15) is 9.59 Å². The van der Waals surface area contributed by atoms with E-state index in [2.05, 4.69) is 17.6 Å². The number of amides is 2. The van der Waals surface area contributed by atoms with Crippen LogP contribution in [-0.2, 0) is 22.5 Å². The summed E-state index contributed by atoms with van der Waals surface area (Å²) in [6.07, 6.45) is 0.232. The Balaban J connectivity index is 2.38. The van der Waals surface area contributed by atoms with Crippen molar-refractivity contribution in [2.24, 2.45) is 0 Å². The first kappa shape index (κ1) is 17.0. The highest BCUT2D eigenvalue weighted by Gasteiger charge is 2.13. The first-order valence-electron chi connectivity index (χ1n) is 6.89. The molecule has 116 valence electrons. The molecule has 3 N–H and O–H groups in total. The van der Waals surface area contributed by atoms with Crippen molar-refractivity contribution in [3.63, 3.8) is 0 Å². The summed E-state index contributed by atoms with van der Waals surface area (Å²) in [5.41, 5.74) is 2.27. The van der Waals surface area contributed by atoms with E-state index >= 15 is 0 Å². The quantitative estimate of drug-likeness (QED) is 0.678. The van der Waals surface area contributed by atoms with Crippen LogP contribution in [0.2, 0.25) is 0 Å². The molecule has 0 heterocycles. The molecule has 0 saturated heterocycles. The molecular weight excluding hydrogens is 272 g/mol. The van der Waals surface area contributed by atoms with Gasteiger partial charge in [0.15, 0.2) is 0 Å². The van der Waals surface area contributed by atoms with Crippen LogP contribution in [-0.4, -0.2) is 36.9 Å². The highest BCUT2D eigenvalue weighted by Crippen LogP contribution is 2.08. The number of hydrogen-bond acceptors (Lipinski definition) is 3. The zero-order valence-electron chi connectivity index (χ0n) is 12.4. The van der Waals surface area contributed by atoms with Crippen LogP contribution in [0.1, 0.15) is 24.5 Å². The van der Waals surface area contributed by atoms with E-state index < -0.39 is 12.1 Å². The second-order valence-corrected chi connectivity index (χ2v) is 4.64. The summed E-state index contributed by atoms with van der Waals surface area (Å²) in [7, 11) is 1.42. The number of methoxy groups -OCH3 is 1. The fraction of sp³-hybridized carbons (Fsp3) is 0.467. The van der Waals surface area contributed by atoms with E-state index in [1.807, 2.05) is 24.3 Å². The largest absolute Gasteiger partial charge is 0.481 e. The van der Waals surface area contributed by atoms with E-state index in [1.165, 1.54) is 12.7 Å². The van der Waals surface area contributed by atoms with Gasteiger partial charge in [-0.05, 0) is 17.5 Å². The zero-order valence-corrected chi connectivity index (χ0v) is 12.4. The summed E-state index contributed by atoms with van der Waals surface area (Å²) in [5, 5.41) is 14.0. The van der Waals surface area contributed by atoms with Crippen molar-refractivity contribution < 1.29 is 19.4 Å². The Labute approximate surface area is 124 Å². The van der Waals surface area contributed by atoms with Gasteiger partial charge in [0.05, 0.1) is 12.5 Å². The molecule has 0 spiro atoms. The molecule has 1 unspecified atom stereocenters. The van der Waals surface area contributed by atoms with Crippen LogP contribution in [0.4, 0.5) is 4.79 Å².